The average Bonchev–Trinajstić information content (AvgIpc) is 2.65. The molecular weight excluding hydrogens is 332 g/mol. The molecule has 0 fully saturated rings. The molecular formula is C25H48O2. The molecule has 0 aliphatic rings. The van der Waals surface area contributed by atoms with Crippen molar-refractivity contribution >= 4 is 11.6 Å². The highest BCUT2D eigenvalue weighted by atomic mass is 16.1. The lowest BCUT2D eigenvalue weighted by molar-refractivity contribution is -0.127. The van der Waals surface area contributed by atoms with Crippen LogP contribution < -0.4 is 0 Å². The lowest BCUT2D eigenvalue weighted by Gasteiger charge is -2.04. The van der Waals surface area contributed by atoms with E-state index in [1.165, 1.54) is 89.9 Å². The zero-order valence-electron chi connectivity index (χ0n) is 18.7. The number of rotatable bonds is 22. The Balaban J connectivity index is 3.25. The van der Waals surface area contributed by atoms with Crippen LogP contribution in [0.4, 0.5) is 0 Å². The maximum atomic E-state index is 11.8. The molecule has 0 N–H and O–H groups in total. The summed E-state index contributed by atoms with van der Waals surface area (Å²) in [7, 11) is 0. The van der Waals surface area contributed by atoms with E-state index in [1.54, 1.807) is 0 Å². The Morgan fingerprint density at radius 3 is 1.00 bits per heavy atom. The summed E-state index contributed by atoms with van der Waals surface area (Å²) in [5.74, 6) is 0.316. The highest BCUT2D eigenvalue weighted by Crippen LogP contribution is 2.14. The molecule has 0 aromatic carbocycles. The molecule has 0 aliphatic carbocycles. The Hall–Kier alpha value is -0.660. The Bertz CT molecular complexity index is 335. The molecule has 0 bridgehead atoms. The van der Waals surface area contributed by atoms with Crippen molar-refractivity contribution in [1.82, 2.24) is 0 Å². The van der Waals surface area contributed by atoms with Crippen molar-refractivity contribution in [3.8, 4) is 0 Å². The molecule has 0 rings (SSSR count). The fourth-order valence-electron chi connectivity index (χ4n) is 3.66. The molecule has 0 aromatic rings. The lowest BCUT2D eigenvalue weighted by Crippen LogP contribution is -2.07. The van der Waals surface area contributed by atoms with Crippen LogP contribution in [0.5, 0.6) is 0 Å². The predicted octanol–water partition coefficient (Wildman–Crippen LogP) is 8.36. The summed E-state index contributed by atoms with van der Waals surface area (Å²) in [5.41, 5.74) is 0. The van der Waals surface area contributed by atoms with Gasteiger partial charge in [-0.15, -0.1) is 0 Å². The van der Waals surface area contributed by atoms with E-state index in [-0.39, 0.29) is 18.0 Å². The number of Topliss-reactive ketones (excluding diaryl/α,β-unsaturated/α-hetero) is 2. The van der Waals surface area contributed by atoms with Gasteiger partial charge in [-0.05, 0) is 12.8 Å². The van der Waals surface area contributed by atoms with Crippen molar-refractivity contribution < 1.29 is 9.59 Å². The maximum absolute atomic E-state index is 11.8. The zero-order chi connectivity index (χ0) is 20.0. The van der Waals surface area contributed by atoms with Gasteiger partial charge in [0.25, 0.3) is 0 Å². The minimum absolute atomic E-state index is 0.154. The molecule has 27 heavy (non-hydrogen) atoms. The van der Waals surface area contributed by atoms with Crippen molar-refractivity contribution in [2.24, 2.45) is 0 Å². The van der Waals surface area contributed by atoms with E-state index in [0.29, 0.717) is 12.8 Å². The van der Waals surface area contributed by atoms with Crippen LogP contribution in [0.1, 0.15) is 149 Å². The minimum atomic E-state index is 0.154. The second-order valence-electron chi connectivity index (χ2n) is 8.41. The highest BCUT2D eigenvalue weighted by Gasteiger charge is 2.09. The number of carbonyl (C=O) groups excluding carboxylic acids is 2. The Morgan fingerprint density at radius 2 is 0.667 bits per heavy atom. The van der Waals surface area contributed by atoms with Crippen molar-refractivity contribution in [1.29, 1.82) is 0 Å². The van der Waals surface area contributed by atoms with Gasteiger partial charge in [-0.3, -0.25) is 9.59 Å². The van der Waals surface area contributed by atoms with Crippen LogP contribution in [0.15, 0.2) is 0 Å². The Kier molecular flexibility index (Phi) is 21.1. The van der Waals surface area contributed by atoms with Crippen LogP contribution in [0.3, 0.4) is 0 Å². The number of hydrogen-bond acceptors (Lipinski definition) is 2. The maximum Gasteiger partial charge on any atom is 0.140 e. The molecule has 0 heterocycles. The fourth-order valence-corrected chi connectivity index (χ4v) is 3.66. The topological polar surface area (TPSA) is 34.1 Å². The standard InChI is InChI=1S/C25H48O2/c1-3-5-7-9-10-11-12-13-14-15-16-17-18-20-22-25(27)23-24(26)21-19-8-6-4-2/h3-23H2,1-2H3. The predicted molar refractivity (Wildman–Crippen MR) is 118 cm³/mol. The first kappa shape index (κ1) is 26.3. The molecule has 0 aromatic heterocycles. The molecule has 160 valence electrons. The monoisotopic (exact) mass is 380 g/mol. The van der Waals surface area contributed by atoms with E-state index in [9.17, 15) is 9.59 Å². The number of ketones is 2. The van der Waals surface area contributed by atoms with Gasteiger partial charge >= 0.3 is 0 Å². The number of carbonyl (C=O) groups is 2. The van der Waals surface area contributed by atoms with E-state index >= 15 is 0 Å². The Labute approximate surface area is 170 Å². The van der Waals surface area contributed by atoms with Crippen LogP contribution in [0, 0.1) is 0 Å². The highest BCUT2D eigenvalue weighted by molar-refractivity contribution is 5.98. The molecule has 0 saturated heterocycles. The number of unbranched alkanes of at least 4 members (excludes halogenated alkanes) is 16. The summed E-state index contributed by atoms with van der Waals surface area (Å²) in [6.07, 6.45) is 24.5. The number of hydrogen-bond donors (Lipinski definition) is 0. The molecule has 0 atom stereocenters. The first-order valence-electron chi connectivity index (χ1n) is 12.2. The summed E-state index contributed by atoms with van der Waals surface area (Å²) >= 11 is 0. The van der Waals surface area contributed by atoms with Gasteiger partial charge in [-0.25, -0.2) is 0 Å². The molecule has 0 unspecified atom stereocenters. The smallest absolute Gasteiger partial charge is 0.140 e. The van der Waals surface area contributed by atoms with Gasteiger partial charge in [-0.1, -0.05) is 117 Å². The van der Waals surface area contributed by atoms with Crippen LogP contribution in [-0.2, 0) is 9.59 Å². The summed E-state index contributed by atoms with van der Waals surface area (Å²) in [6, 6.07) is 0. The third-order valence-electron chi connectivity index (χ3n) is 5.51. The quantitative estimate of drug-likeness (QED) is 0.140. The van der Waals surface area contributed by atoms with Crippen molar-refractivity contribution in [3.63, 3.8) is 0 Å². The molecule has 2 heteroatoms. The fraction of sp³-hybridized carbons (Fsp3) is 0.920. The average molecular weight is 381 g/mol. The van der Waals surface area contributed by atoms with Crippen LogP contribution in [0.2, 0.25) is 0 Å². The molecule has 0 amide bonds. The van der Waals surface area contributed by atoms with Gasteiger partial charge < -0.3 is 0 Å². The molecule has 0 radical (unpaired) electrons. The van der Waals surface area contributed by atoms with Crippen molar-refractivity contribution in [2.75, 3.05) is 0 Å². The van der Waals surface area contributed by atoms with E-state index < -0.39 is 0 Å². The first-order chi connectivity index (χ1) is 13.2. The van der Waals surface area contributed by atoms with E-state index in [2.05, 4.69) is 13.8 Å². The SMILES string of the molecule is CCCCCCCCCCCCCCCCC(=O)CC(=O)CCCCCC. The Morgan fingerprint density at radius 1 is 0.407 bits per heavy atom. The van der Waals surface area contributed by atoms with Crippen LogP contribution in [0.25, 0.3) is 0 Å². The van der Waals surface area contributed by atoms with Gasteiger partial charge in [-0.2, -0.15) is 0 Å². The first-order valence-corrected chi connectivity index (χ1v) is 12.2. The van der Waals surface area contributed by atoms with Gasteiger partial charge in [0.15, 0.2) is 0 Å². The molecule has 0 aliphatic heterocycles. The van der Waals surface area contributed by atoms with E-state index in [1.807, 2.05) is 0 Å². The van der Waals surface area contributed by atoms with Crippen molar-refractivity contribution in [2.45, 2.75) is 149 Å². The normalized spacial score (nSPS) is 11.0. The summed E-state index contributed by atoms with van der Waals surface area (Å²) in [4.78, 5) is 23.6. The van der Waals surface area contributed by atoms with E-state index in [0.717, 1.165) is 25.7 Å². The van der Waals surface area contributed by atoms with Crippen LogP contribution in [-0.4, -0.2) is 11.6 Å². The summed E-state index contributed by atoms with van der Waals surface area (Å²) in [6.45, 7) is 4.44. The van der Waals surface area contributed by atoms with Crippen LogP contribution >= 0.6 is 0 Å². The largest absolute Gasteiger partial charge is 0.299 e. The second kappa shape index (κ2) is 21.6. The van der Waals surface area contributed by atoms with Gasteiger partial charge in [0, 0.05) is 12.8 Å². The van der Waals surface area contributed by atoms with Gasteiger partial charge in [0.05, 0.1) is 6.42 Å². The zero-order valence-corrected chi connectivity index (χ0v) is 18.7. The molecule has 0 saturated carbocycles. The van der Waals surface area contributed by atoms with Gasteiger partial charge in [0.2, 0.25) is 0 Å². The lowest BCUT2D eigenvalue weighted by atomic mass is 10.0. The summed E-state index contributed by atoms with van der Waals surface area (Å²) < 4.78 is 0. The van der Waals surface area contributed by atoms with Gasteiger partial charge in [0.1, 0.15) is 11.6 Å². The molecule has 0 spiro atoms. The van der Waals surface area contributed by atoms with E-state index in [4.69, 9.17) is 0 Å². The third kappa shape index (κ3) is 21.5. The van der Waals surface area contributed by atoms with Crippen molar-refractivity contribution in [3.05, 3.63) is 0 Å². The minimum Gasteiger partial charge on any atom is -0.299 e. The third-order valence-corrected chi connectivity index (χ3v) is 5.51. The second-order valence-corrected chi connectivity index (χ2v) is 8.41. The molecule has 2 nitrogen and oxygen atoms in total. The summed E-state index contributed by atoms with van der Waals surface area (Å²) in [5, 5.41) is 0.